The zero-order valence-electron chi connectivity index (χ0n) is 10.6. The number of benzene rings is 1. The third-order valence-electron chi connectivity index (χ3n) is 3.35. The van der Waals surface area contributed by atoms with Gasteiger partial charge in [0.15, 0.2) is 5.82 Å². The van der Waals surface area contributed by atoms with E-state index < -0.39 is 5.82 Å². The van der Waals surface area contributed by atoms with Crippen LogP contribution in [0, 0.1) is 17.1 Å². The minimum atomic E-state index is -0.450. The van der Waals surface area contributed by atoms with E-state index in [9.17, 15) is 4.39 Å². The summed E-state index contributed by atoms with van der Waals surface area (Å²) in [6.07, 6.45) is 1.61. The molecule has 0 atom stereocenters. The van der Waals surface area contributed by atoms with Gasteiger partial charge in [-0.05, 0) is 40.9 Å². The quantitative estimate of drug-likeness (QED) is 0.876. The second kappa shape index (κ2) is 6.17. The van der Waals surface area contributed by atoms with Crippen LogP contribution in [0.25, 0.3) is 0 Å². The van der Waals surface area contributed by atoms with Gasteiger partial charge in [0, 0.05) is 12.1 Å². The van der Waals surface area contributed by atoms with Crippen molar-refractivity contribution < 1.29 is 4.39 Å². The third kappa shape index (κ3) is 2.82. The molecule has 0 saturated heterocycles. The molecular formula is C13H17BrFN3. The van der Waals surface area contributed by atoms with Gasteiger partial charge in [0.2, 0.25) is 0 Å². The third-order valence-corrected chi connectivity index (χ3v) is 4.12. The minimum absolute atomic E-state index is 0.188. The number of halogens is 2. The second-order valence-corrected chi connectivity index (χ2v) is 5.01. The molecule has 0 heterocycles. The van der Waals surface area contributed by atoms with Crippen LogP contribution in [-0.2, 0) is 0 Å². The molecule has 3 N–H and O–H groups in total. The van der Waals surface area contributed by atoms with E-state index >= 15 is 0 Å². The molecule has 0 spiro atoms. The summed E-state index contributed by atoms with van der Waals surface area (Å²) in [7, 11) is 0. The van der Waals surface area contributed by atoms with Crippen LogP contribution in [0.2, 0.25) is 0 Å². The van der Waals surface area contributed by atoms with E-state index in [0.29, 0.717) is 12.2 Å². The highest BCUT2D eigenvalue weighted by Gasteiger charge is 2.25. The van der Waals surface area contributed by atoms with Crippen LogP contribution in [0.1, 0.15) is 32.3 Å². The Labute approximate surface area is 115 Å². The molecule has 0 aliphatic heterocycles. The van der Waals surface area contributed by atoms with Crippen molar-refractivity contribution >= 4 is 21.6 Å². The molecule has 5 heteroatoms. The van der Waals surface area contributed by atoms with E-state index in [1.807, 2.05) is 19.9 Å². The van der Waals surface area contributed by atoms with Crippen LogP contribution < -0.4 is 11.1 Å². The lowest BCUT2D eigenvalue weighted by Gasteiger charge is -2.33. The monoisotopic (exact) mass is 313 g/mol. The molecule has 0 aromatic heterocycles. The molecule has 0 radical (unpaired) electrons. The highest BCUT2D eigenvalue weighted by molar-refractivity contribution is 9.10. The second-order valence-electron chi connectivity index (χ2n) is 4.22. The van der Waals surface area contributed by atoms with E-state index in [-0.39, 0.29) is 15.6 Å². The first-order valence-corrected chi connectivity index (χ1v) is 6.69. The van der Waals surface area contributed by atoms with E-state index in [1.165, 1.54) is 0 Å². The summed E-state index contributed by atoms with van der Waals surface area (Å²) in [6, 6.07) is 5.09. The highest BCUT2D eigenvalue weighted by Crippen LogP contribution is 2.30. The van der Waals surface area contributed by atoms with Gasteiger partial charge < -0.3 is 11.1 Å². The van der Waals surface area contributed by atoms with E-state index in [4.69, 9.17) is 11.0 Å². The Kier molecular flexibility index (Phi) is 5.12. The van der Waals surface area contributed by atoms with Gasteiger partial charge in [-0.25, -0.2) is 4.39 Å². The van der Waals surface area contributed by atoms with E-state index in [2.05, 4.69) is 21.2 Å². The van der Waals surface area contributed by atoms with Gasteiger partial charge in [0.05, 0.1) is 15.7 Å². The fourth-order valence-electron chi connectivity index (χ4n) is 1.78. The molecule has 1 rings (SSSR count). The molecule has 98 valence electrons. The molecule has 1 aromatic rings. The Morgan fingerprint density at radius 1 is 1.44 bits per heavy atom. The SMILES string of the molecule is CCC(CC)(CN)Nc1ccc(C#N)c(Br)c1F. The van der Waals surface area contributed by atoms with E-state index in [0.717, 1.165) is 12.8 Å². The number of hydrogen-bond acceptors (Lipinski definition) is 3. The molecule has 0 amide bonds. The van der Waals surface area contributed by atoms with Gasteiger partial charge in [0.1, 0.15) is 6.07 Å². The smallest absolute Gasteiger partial charge is 0.161 e. The summed E-state index contributed by atoms with van der Waals surface area (Å²) in [5.41, 5.74) is 6.11. The average Bonchev–Trinajstić information content (AvgIpc) is 2.41. The standard InChI is InChI=1S/C13H17BrFN3/c1-3-13(4-2,8-17)18-10-6-5-9(7-16)11(14)12(10)15/h5-6,18H,3-4,8,17H2,1-2H3. The van der Waals surface area contributed by atoms with Crippen molar-refractivity contribution in [1.29, 1.82) is 5.26 Å². The van der Waals surface area contributed by atoms with Crippen LogP contribution in [0.3, 0.4) is 0 Å². The molecular weight excluding hydrogens is 297 g/mol. The molecule has 0 bridgehead atoms. The van der Waals surface area contributed by atoms with Crippen LogP contribution in [0.15, 0.2) is 16.6 Å². The Morgan fingerprint density at radius 2 is 2.06 bits per heavy atom. The van der Waals surface area contributed by atoms with Crippen molar-refractivity contribution in [1.82, 2.24) is 0 Å². The Balaban J connectivity index is 3.13. The Hall–Kier alpha value is -1.12. The normalized spacial score (nSPS) is 11.1. The van der Waals surface area contributed by atoms with Crippen molar-refractivity contribution in [2.24, 2.45) is 5.73 Å². The topological polar surface area (TPSA) is 61.8 Å². The van der Waals surface area contributed by atoms with Crippen LogP contribution in [-0.4, -0.2) is 12.1 Å². The van der Waals surface area contributed by atoms with Crippen molar-refractivity contribution in [3.05, 3.63) is 28.0 Å². The lowest BCUT2D eigenvalue weighted by Crippen LogP contribution is -2.44. The van der Waals surface area contributed by atoms with Crippen LogP contribution >= 0.6 is 15.9 Å². The van der Waals surface area contributed by atoms with Gasteiger partial charge in [-0.1, -0.05) is 13.8 Å². The van der Waals surface area contributed by atoms with Gasteiger partial charge >= 0.3 is 0 Å². The highest BCUT2D eigenvalue weighted by atomic mass is 79.9. The summed E-state index contributed by atoms with van der Waals surface area (Å²) in [5.74, 6) is -0.450. The molecule has 0 saturated carbocycles. The number of rotatable bonds is 5. The van der Waals surface area contributed by atoms with Crippen LogP contribution in [0.4, 0.5) is 10.1 Å². The van der Waals surface area contributed by atoms with Gasteiger partial charge in [-0.2, -0.15) is 5.26 Å². The summed E-state index contributed by atoms with van der Waals surface area (Å²) in [5, 5.41) is 12.0. The van der Waals surface area contributed by atoms with Crippen molar-refractivity contribution in [2.75, 3.05) is 11.9 Å². The Morgan fingerprint density at radius 3 is 2.50 bits per heavy atom. The summed E-state index contributed by atoms with van der Waals surface area (Å²) in [4.78, 5) is 0. The van der Waals surface area contributed by atoms with E-state index in [1.54, 1.807) is 12.1 Å². The van der Waals surface area contributed by atoms with Gasteiger partial charge in [-0.3, -0.25) is 0 Å². The maximum absolute atomic E-state index is 14.1. The molecule has 0 unspecified atom stereocenters. The number of nitrogens with zero attached hydrogens (tertiary/aromatic N) is 1. The molecule has 1 aromatic carbocycles. The average molecular weight is 314 g/mol. The lowest BCUT2D eigenvalue weighted by atomic mass is 9.92. The molecule has 0 aliphatic carbocycles. The molecule has 0 fully saturated rings. The molecule has 3 nitrogen and oxygen atoms in total. The predicted molar refractivity (Wildman–Crippen MR) is 74.8 cm³/mol. The van der Waals surface area contributed by atoms with Gasteiger partial charge in [0.25, 0.3) is 0 Å². The number of nitrogens with one attached hydrogen (secondary N) is 1. The maximum atomic E-state index is 14.1. The van der Waals surface area contributed by atoms with Crippen molar-refractivity contribution in [3.63, 3.8) is 0 Å². The van der Waals surface area contributed by atoms with Crippen molar-refractivity contribution in [3.8, 4) is 6.07 Å². The summed E-state index contributed by atoms with van der Waals surface area (Å²) < 4.78 is 14.3. The first-order valence-electron chi connectivity index (χ1n) is 5.90. The van der Waals surface area contributed by atoms with Gasteiger partial charge in [-0.15, -0.1) is 0 Å². The minimum Gasteiger partial charge on any atom is -0.376 e. The zero-order chi connectivity index (χ0) is 13.8. The predicted octanol–water partition coefficient (Wildman–Crippen LogP) is 3.39. The zero-order valence-corrected chi connectivity index (χ0v) is 12.1. The van der Waals surface area contributed by atoms with Crippen LogP contribution in [0.5, 0.6) is 0 Å². The number of anilines is 1. The molecule has 18 heavy (non-hydrogen) atoms. The first-order chi connectivity index (χ1) is 8.53. The number of hydrogen-bond donors (Lipinski definition) is 2. The number of nitrogens with two attached hydrogens (primary N) is 1. The maximum Gasteiger partial charge on any atom is 0.161 e. The lowest BCUT2D eigenvalue weighted by molar-refractivity contribution is 0.442. The first kappa shape index (κ1) is 14.9. The van der Waals surface area contributed by atoms with Crippen molar-refractivity contribution in [2.45, 2.75) is 32.2 Å². The Bertz CT molecular complexity index is 456. The fraction of sp³-hybridized carbons (Fsp3) is 0.462. The molecule has 0 aliphatic rings. The fourth-order valence-corrected chi connectivity index (χ4v) is 2.22. The largest absolute Gasteiger partial charge is 0.376 e. The summed E-state index contributed by atoms with van der Waals surface area (Å²) >= 11 is 3.10. The summed E-state index contributed by atoms with van der Waals surface area (Å²) in [6.45, 7) is 4.46. The number of nitriles is 1.